The maximum Gasteiger partial charge on any atom is 0.216 e. The van der Waals surface area contributed by atoms with Crippen molar-refractivity contribution in [2.75, 3.05) is 7.11 Å². The number of hydrogen-bond acceptors (Lipinski definition) is 4. The normalized spacial score (nSPS) is 10.8. The highest BCUT2D eigenvalue weighted by Crippen LogP contribution is 2.20. The highest BCUT2D eigenvalue weighted by molar-refractivity contribution is 5.31. The fraction of sp³-hybridized carbons (Fsp3) is 0.400. The first-order valence-electron chi connectivity index (χ1n) is 6.62. The van der Waals surface area contributed by atoms with Crippen molar-refractivity contribution >= 4 is 0 Å². The zero-order valence-corrected chi connectivity index (χ0v) is 12.2. The maximum atomic E-state index is 9.30. The molecule has 0 aliphatic heterocycles. The molecule has 0 saturated heterocycles. The Morgan fingerprint density at radius 3 is 2.60 bits per heavy atom. The molecule has 20 heavy (non-hydrogen) atoms. The second-order valence-corrected chi connectivity index (χ2v) is 4.73. The molecule has 0 unspecified atom stereocenters. The van der Waals surface area contributed by atoms with Crippen molar-refractivity contribution in [2.24, 2.45) is 7.05 Å². The van der Waals surface area contributed by atoms with E-state index in [1.807, 2.05) is 38.2 Å². The van der Waals surface area contributed by atoms with Gasteiger partial charge in [0.2, 0.25) is 5.88 Å². The predicted molar refractivity (Wildman–Crippen MR) is 77.4 cm³/mol. The van der Waals surface area contributed by atoms with Gasteiger partial charge in [0.15, 0.2) is 0 Å². The number of rotatable bonds is 6. The highest BCUT2D eigenvalue weighted by Gasteiger charge is 2.13. The molecule has 5 heteroatoms. The number of hydrogen-bond donors (Lipinski definition) is 2. The molecule has 1 heterocycles. The van der Waals surface area contributed by atoms with E-state index in [2.05, 4.69) is 10.4 Å². The Labute approximate surface area is 119 Å². The zero-order chi connectivity index (χ0) is 14.5. The summed E-state index contributed by atoms with van der Waals surface area (Å²) in [5.74, 6) is 0.783. The van der Waals surface area contributed by atoms with Gasteiger partial charge in [0, 0.05) is 20.1 Å². The minimum absolute atomic E-state index is 0.0626. The Bertz CT molecular complexity index is 578. The molecule has 0 fully saturated rings. The molecule has 0 spiro atoms. The van der Waals surface area contributed by atoms with Crippen LogP contribution in [0.1, 0.15) is 22.4 Å². The number of methoxy groups -OCH3 is 1. The maximum absolute atomic E-state index is 9.30. The summed E-state index contributed by atoms with van der Waals surface area (Å²) in [5.41, 5.74) is 4.09. The van der Waals surface area contributed by atoms with E-state index in [1.165, 1.54) is 0 Å². The molecule has 2 N–H and O–H groups in total. The van der Waals surface area contributed by atoms with Crippen LogP contribution in [0.25, 0.3) is 0 Å². The molecule has 0 amide bonds. The molecule has 0 aliphatic carbocycles. The number of aromatic nitrogens is 2. The first-order chi connectivity index (χ1) is 9.67. The number of aliphatic hydroxyl groups is 1. The number of aryl methyl sites for hydroxylation is 2. The average molecular weight is 275 g/mol. The number of ether oxygens (including phenoxy) is 1. The van der Waals surface area contributed by atoms with E-state index < -0.39 is 0 Å². The van der Waals surface area contributed by atoms with E-state index >= 15 is 0 Å². The van der Waals surface area contributed by atoms with Crippen LogP contribution in [-0.2, 0) is 26.7 Å². The Hall–Kier alpha value is -1.85. The van der Waals surface area contributed by atoms with Gasteiger partial charge in [-0.3, -0.25) is 0 Å². The van der Waals surface area contributed by atoms with E-state index in [9.17, 15) is 5.11 Å². The van der Waals surface area contributed by atoms with Crippen LogP contribution in [0.2, 0.25) is 0 Å². The molecule has 1 aromatic heterocycles. The number of nitrogens with one attached hydrogen (secondary N) is 1. The van der Waals surface area contributed by atoms with Crippen LogP contribution in [0.3, 0.4) is 0 Å². The fourth-order valence-electron chi connectivity index (χ4n) is 2.35. The Kier molecular flexibility index (Phi) is 4.76. The van der Waals surface area contributed by atoms with E-state index in [0.29, 0.717) is 13.1 Å². The Balaban J connectivity index is 2.03. The van der Waals surface area contributed by atoms with Crippen molar-refractivity contribution in [3.8, 4) is 5.88 Å². The first kappa shape index (κ1) is 14.6. The quantitative estimate of drug-likeness (QED) is 0.839. The molecule has 0 aliphatic rings. The minimum atomic E-state index is 0.0626. The fourth-order valence-corrected chi connectivity index (χ4v) is 2.35. The van der Waals surface area contributed by atoms with Crippen molar-refractivity contribution in [1.82, 2.24) is 15.1 Å². The van der Waals surface area contributed by atoms with E-state index in [-0.39, 0.29) is 6.61 Å². The summed E-state index contributed by atoms with van der Waals surface area (Å²) in [6, 6.07) is 7.87. The SMILES string of the molecule is COc1c(CNCc2ccccc2CO)c(C)nn1C. The standard InChI is InChI=1S/C15H21N3O2/c1-11-14(15(20-3)18(2)17-11)9-16-8-12-6-4-5-7-13(12)10-19/h4-7,16,19H,8-10H2,1-3H3. The number of benzene rings is 1. The Morgan fingerprint density at radius 2 is 1.95 bits per heavy atom. The highest BCUT2D eigenvalue weighted by atomic mass is 16.5. The van der Waals surface area contributed by atoms with Crippen molar-refractivity contribution < 1.29 is 9.84 Å². The number of aliphatic hydroxyl groups excluding tert-OH is 1. The topological polar surface area (TPSA) is 59.3 Å². The summed E-state index contributed by atoms with van der Waals surface area (Å²) in [7, 11) is 3.53. The van der Waals surface area contributed by atoms with Crippen LogP contribution in [0.15, 0.2) is 24.3 Å². The van der Waals surface area contributed by atoms with Gasteiger partial charge in [-0.25, -0.2) is 4.68 Å². The lowest BCUT2D eigenvalue weighted by atomic mass is 10.1. The van der Waals surface area contributed by atoms with E-state index in [0.717, 1.165) is 28.3 Å². The third-order valence-corrected chi connectivity index (χ3v) is 3.39. The lowest BCUT2D eigenvalue weighted by Crippen LogP contribution is -2.15. The van der Waals surface area contributed by atoms with Crippen LogP contribution in [0.5, 0.6) is 5.88 Å². The van der Waals surface area contributed by atoms with Crippen molar-refractivity contribution in [1.29, 1.82) is 0 Å². The summed E-state index contributed by atoms with van der Waals surface area (Å²) < 4.78 is 7.11. The molecular formula is C15H21N3O2. The summed E-state index contributed by atoms with van der Waals surface area (Å²) >= 11 is 0. The largest absolute Gasteiger partial charge is 0.481 e. The molecule has 1 aromatic carbocycles. The molecule has 108 valence electrons. The lowest BCUT2D eigenvalue weighted by Gasteiger charge is -2.09. The zero-order valence-electron chi connectivity index (χ0n) is 12.2. The summed E-state index contributed by atoms with van der Waals surface area (Å²) in [6.07, 6.45) is 0. The molecule has 5 nitrogen and oxygen atoms in total. The van der Waals surface area contributed by atoms with Gasteiger partial charge in [0.05, 0.1) is 25.0 Å². The second-order valence-electron chi connectivity index (χ2n) is 4.73. The Morgan fingerprint density at radius 1 is 1.25 bits per heavy atom. The second kappa shape index (κ2) is 6.54. The van der Waals surface area contributed by atoms with Gasteiger partial charge >= 0.3 is 0 Å². The van der Waals surface area contributed by atoms with E-state index in [4.69, 9.17) is 4.74 Å². The summed E-state index contributed by atoms with van der Waals surface area (Å²) in [6.45, 7) is 3.42. The van der Waals surface area contributed by atoms with E-state index in [1.54, 1.807) is 11.8 Å². The smallest absolute Gasteiger partial charge is 0.216 e. The molecule has 2 aromatic rings. The lowest BCUT2D eigenvalue weighted by molar-refractivity contribution is 0.280. The van der Waals surface area contributed by atoms with Crippen LogP contribution in [-0.4, -0.2) is 22.0 Å². The van der Waals surface area contributed by atoms with Crippen LogP contribution in [0, 0.1) is 6.92 Å². The van der Waals surface area contributed by atoms with Gasteiger partial charge in [-0.2, -0.15) is 5.10 Å². The van der Waals surface area contributed by atoms with Gasteiger partial charge in [-0.05, 0) is 18.1 Å². The van der Waals surface area contributed by atoms with Crippen molar-refractivity contribution in [3.05, 3.63) is 46.6 Å². The molecule has 0 saturated carbocycles. The molecule has 0 bridgehead atoms. The molecular weight excluding hydrogens is 254 g/mol. The first-order valence-corrected chi connectivity index (χ1v) is 6.62. The van der Waals surface area contributed by atoms with Gasteiger partial charge in [-0.15, -0.1) is 0 Å². The third-order valence-electron chi connectivity index (χ3n) is 3.39. The molecule has 2 rings (SSSR count). The van der Waals surface area contributed by atoms with Crippen LogP contribution < -0.4 is 10.1 Å². The van der Waals surface area contributed by atoms with Gasteiger partial charge in [0.1, 0.15) is 0 Å². The van der Waals surface area contributed by atoms with Crippen LogP contribution >= 0.6 is 0 Å². The number of nitrogens with zero attached hydrogens (tertiary/aromatic N) is 2. The average Bonchev–Trinajstić information content (AvgIpc) is 2.73. The monoisotopic (exact) mass is 275 g/mol. The predicted octanol–water partition coefficient (Wildman–Crippen LogP) is 1.52. The van der Waals surface area contributed by atoms with Crippen molar-refractivity contribution in [3.63, 3.8) is 0 Å². The van der Waals surface area contributed by atoms with Gasteiger partial charge < -0.3 is 15.2 Å². The van der Waals surface area contributed by atoms with Crippen molar-refractivity contribution in [2.45, 2.75) is 26.6 Å². The summed E-state index contributed by atoms with van der Waals surface area (Å²) in [4.78, 5) is 0. The van der Waals surface area contributed by atoms with Gasteiger partial charge in [-0.1, -0.05) is 24.3 Å². The summed E-state index contributed by atoms with van der Waals surface area (Å²) in [5, 5.41) is 17.0. The van der Waals surface area contributed by atoms with Gasteiger partial charge in [0.25, 0.3) is 0 Å². The molecule has 0 atom stereocenters. The third kappa shape index (κ3) is 3.00. The molecule has 0 radical (unpaired) electrons. The van der Waals surface area contributed by atoms with Crippen LogP contribution in [0.4, 0.5) is 0 Å². The minimum Gasteiger partial charge on any atom is -0.481 e.